The van der Waals surface area contributed by atoms with Crippen molar-refractivity contribution in [2.24, 2.45) is 30.7 Å². The van der Waals surface area contributed by atoms with Crippen LogP contribution in [-0.2, 0) is 13.5 Å². The number of ether oxygens (including phenoxy) is 1. The minimum absolute atomic E-state index is 0.404. The zero-order valence-electron chi connectivity index (χ0n) is 19.4. The van der Waals surface area contributed by atoms with Gasteiger partial charge in [0, 0.05) is 26.1 Å². The number of hydrogen-bond acceptors (Lipinski definition) is 7. The second kappa shape index (κ2) is 9.54. The molecule has 0 spiro atoms. The van der Waals surface area contributed by atoms with E-state index in [1.54, 1.807) is 19.6 Å². The first-order valence-corrected chi connectivity index (χ1v) is 11.2. The van der Waals surface area contributed by atoms with Crippen molar-refractivity contribution in [2.45, 2.75) is 33.6 Å². The quantitative estimate of drug-likeness (QED) is 0.524. The average molecular weight is 437 g/mol. The van der Waals surface area contributed by atoms with Gasteiger partial charge in [-0.15, -0.1) is 10.2 Å². The smallest absolute Gasteiger partial charge is 0.265 e. The van der Waals surface area contributed by atoms with E-state index in [0.717, 1.165) is 30.8 Å². The summed E-state index contributed by atoms with van der Waals surface area (Å²) in [6.45, 7) is 7.73. The lowest BCUT2D eigenvalue weighted by molar-refractivity contribution is 0.229. The summed E-state index contributed by atoms with van der Waals surface area (Å²) in [7, 11) is 3.55. The van der Waals surface area contributed by atoms with Gasteiger partial charge in [0.25, 0.3) is 5.89 Å². The molecule has 0 amide bonds. The molecular formula is C24H32N6O2. The highest BCUT2D eigenvalue weighted by Crippen LogP contribution is 2.39. The minimum atomic E-state index is 0.404. The molecule has 1 aliphatic rings. The lowest BCUT2D eigenvalue weighted by Gasteiger charge is -2.37. The fourth-order valence-corrected chi connectivity index (χ4v) is 4.56. The Kier molecular flexibility index (Phi) is 6.58. The second-order valence-corrected chi connectivity index (χ2v) is 8.98. The number of nitrogens with one attached hydrogen (secondary N) is 1. The maximum atomic E-state index is 5.97. The average Bonchev–Trinajstić information content (AvgIpc) is 3.42. The van der Waals surface area contributed by atoms with Crippen molar-refractivity contribution in [1.29, 1.82) is 0 Å². The van der Waals surface area contributed by atoms with E-state index in [4.69, 9.17) is 9.15 Å². The standard InChI is InChI=1S/C24H32N6O2/c1-15(2)20-9-17(10-23-28-29-24(32-23)21-13-25-14-30(21)4)16(3)8-18(20)11-26-19-6-7-22(31-5)27-12-19/h6-8,12-15,17-18,20,26H,9-11H2,1-5H3. The van der Waals surface area contributed by atoms with Crippen LogP contribution in [0.3, 0.4) is 0 Å². The van der Waals surface area contributed by atoms with Gasteiger partial charge >= 0.3 is 0 Å². The molecule has 32 heavy (non-hydrogen) atoms. The lowest BCUT2D eigenvalue weighted by atomic mass is 9.70. The highest BCUT2D eigenvalue weighted by atomic mass is 16.5. The maximum Gasteiger partial charge on any atom is 0.265 e. The van der Waals surface area contributed by atoms with Crippen molar-refractivity contribution >= 4 is 5.69 Å². The predicted octanol–water partition coefficient (Wildman–Crippen LogP) is 4.38. The first-order chi connectivity index (χ1) is 15.4. The Morgan fingerprint density at radius 3 is 2.75 bits per heavy atom. The molecule has 3 unspecified atom stereocenters. The molecule has 3 heterocycles. The van der Waals surface area contributed by atoms with Crippen molar-refractivity contribution in [2.75, 3.05) is 19.0 Å². The van der Waals surface area contributed by atoms with E-state index in [2.05, 4.69) is 52.3 Å². The third-order valence-corrected chi connectivity index (χ3v) is 6.49. The molecule has 0 bridgehead atoms. The van der Waals surface area contributed by atoms with Crippen molar-refractivity contribution < 1.29 is 9.15 Å². The second-order valence-electron chi connectivity index (χ2n) is 8.98. The number of rotatable bonds is 8. The van der Waals surface area contributed by atoms with Crippen LogP contribution in [0.15, 0.2) is 46.9 Å². The van der Waals surface area contributed by atoms with E-state index in [9.17, 15) is 0 Å². The summed E-state index contributed by atoms with van der Waals surface area (Å²) in [6, 6.07) is 3.89. The maximum absolute atomic E-state index is 5.97. The summed E-state index contributed by atoms with van der Waals surface area (Å²) < 4.78 is 13.0. The predicted molar refractivity (Wildman–Crippen MR) is 123 cm³/mol. The number of anilines is 1. The van der Waals surface area contributed by atoms with Crippen LogP contribution in [0.1, 0.15) is 33.1 Å². The Morgan fingerprint density at radius 1 is 1.25 bits per heavy atom. The number of methoxy groups -OCH3 is 1. The van der Waals surface area contributed by atoms with E-state index < -0.39 is 0 Å². The van der Waals surface area contributed by atoms with Gasteiger partial charge in [-0.05, 0) is 43.1 Å². The van der Waals surface area contributed by atoms with Gasteiger partial charge in [-0.1, -0.05) is 25.5 Å². The van der Waals surface area contributed by atoms with Crippen LogP contribution in [0.4, 0.5) is 5.69 Å². The highest BCUT2D eigenvalue weighted by molar-refractivity contribution is 5.45. The molecule has 1 N–H and O–H groups in total. The molecule has 1 aliphatic carbocycles. The van der Waals surface area contributed by atoms with Crippen LogP contribution < -0.4 is 10.1 Å². The van der Waals surface area contributed by atoms with Crippen molar-refractivity contribution in [3.63, 3.8) is 0 Å². The zero-order valence-corrected chi connectivity index (χ0v) is 19.4. The van der Waals surface area contributed by atoms with Gasteiger partial charge in [0.1, 0.15) is 5.69 Å². The van der Waals surface area contributed by atoms with Gasteiger partial charge in [0.15, 0.2) is 0 Å². The van der Waals surface area contributed by atoms with Crippen LogP contribution in [0.2, 0.25) is 0 Å². The molecule has 8 heteroatoms. The molecule has 0 saturated heterocycles. The summed E-state index contributed by atoms with van der Waals surface area (Å²) in [6.07, 6.45) is 9.60. The first kappa shape index (κ1) is 22.0. The van der Waals surface area contributed by atoms with Gasteiger partial charge in [0.2, 0.25) is 11.8 Å². The van der Waals surface area contributed by atoms with Gasteiger partial charge in [-0.3, -0.25) is 0 Å². The topological polar surface area (TPSA) is 90.9 Å². The number of pyridine rings is 1. The first-order valence-electron chi connectivity index (χ1n) is 11.2. The zero-order chi connectivity index (χ0) is 22.7. The molecule has 3 aromatic rings. The molecule has 170 valence electrons. The van der Waals surface area contributed by atoms with E-state index in [0.29, 0.717) is 41.3 Å². The highest BCUT2D eigenvalue weighted by Gasteiger charge is 2.32. The number of aromatic nitrogens is 5. The van der Waals surface area contributed by atoms with Crippen molar-refractivity contribution in [3.8, 4) is 17.5 Å². The Bertz CT molecular complexity index is 1050. The van der Waals surface area contributed by atoms with Crippen LogP contribution in [0.25, 0.3) is 11.6 Å². The third-order valence-electron chi connectivity index (χ3n) is 6.49. The third kappa shape index (κ3) is 4.84. The molecule has 3 aromatic heterocycles. The Balaban J connectivity index is 1.44. The molecule has 0 aromatic carbocycles. The van der Waals surface area contributed by atoms with Crippen LogP contribution in [0, 0.1) is 23.7 Å². The Hall–Kier alpha value is -3.16. The molecule has 0 radical (unpaired) electrons. The van der Waals surface area contributed by atoms with E-state index in [-0.39, 0.29) is 0 Å². The van der Waals surface area contributed by atoms with Crippen LogP contribution in [0.5, 0.6) is 5.88 Å². The largest absolute Gasteiger partial charge is 0.481 e. The van der Waals surface area contributed by atoms with Gasteiger partial charge in [-0.25, -0.2) is 9.97 Å². The SMILES string of the molecule is COc1ccc(NCC2C=C(C)C(Cc3nnc(-c4cncn4C)o3)CC2C(C)C)cn1. The minimum Gasteiger partial charge on any atom is -0.481 e. The summed E-state index contributed by atoms with van der Waals surface area (Å²) in [4.78, 5) is 8.42. The molecular weight excluding hydrogens is 404 g/mol. The molecule has 0 fully saturated rings. The number of allylic oxidation sites excluding steroid dienone is 1. The molecule has 0 aliphatic heterocycles. The summed E-state index contributed by atoms with van der Waals surface area (Å²) in [5.41, 5.74) is 3.23. The number of nitrogens with zero attached hydrogens (tertiary/aromatic N) is 5. The number of aryl methyl sites for hydroxylation is 1. The van der Waals surface area contributed by atoms with Crippen molar-refractivity contribution in [3.05, 3.63) is 48.4 Å². The summed E-state index contributed by atoms with van der Waals surface area (Å²) in [5, 5.41) is 12.1. The monoisotopic (exact) mass is 436 g/mol. The van der Waals surface area contributed by atoms with Crippen LogP contribution in [-0.4, -0.2) is 38.4 Å². The van der Waals surface area contributed by atoms with Crippen molar-refractivity contribution in [1.82, 2.24) is 24.7 Å². The normalized spacial score (nSPS) is 20.9. The Labute approximate surface area is 189 Å². The molecule has 8 nitrogen and oxygen atoms in total. The molecule has 4 rings (SSSR count). The fraction of sp³-hybridized carbons (Fsp3) is 0.500. The molecule has 3 atom stereocenters. The van der Waals surface area contributed by atoms with E-state index >= 15 is 0 Å². The van der Waals surface area contributed by atoms with Gasteiger partial charge in [-0.2, -0.15) is 0 Å². The van der Waals surface area contributed by atoms with Gasteiger partial charge < -0.3 is 19.0 Å². The number of imidazole rings is 1. The molecule has 0 saturated carbocycles. The lowest BCUT2D eigenvalue weighted by Crippen LogP contribution is -2.32. The summed E-state index contributed by atoms with van der Waals surface area (Å²) >= 11 is 0. The van der Waals surface area contributed by atoms with E-state index in [1.807, 2.05) is 29.9 Å². The van der Waals surface area contributed by atoms with Crippen LogP contribution >= 0.6 is 0 Å². The summed E-state index contributed by atoms with van der Waals surface area (Å²) in [5.74, 6) is 3.84. The van der Waals surface area contributed by atoms with E-state index in [1.165, 1.54) is 5.57 Å². The Morgan fingerprint density at radius 2 is 2.09 bits per heavy atom. The van der Waals surface area contributed by atoms with Gasteiger partial charge in [0.05, 0.1) is 31.5 Å². The number of hydrogen-bond donors (Lipinski definition) is 1. The fourth-order valence-electron chi connectivity index (χ4n) is 4.56.